The monoisotopic (exact) mass is 248 g/mol. The molecule has 0 bridgehead atoms. The van der Waals surface area contributed by atoms with Crippen molar-refractivity contribution in [2.24, 2.45) is 0 Å². The van der Waals surface area contributed by atoms with E-state index in [4.69, 9.17) is 5.11 Å². The molecule has 18 heavy (non-hydrogen) atoms. The Morgan fingerprint density at radius 1 is 1.33 bits per heavy atom. The van der Waals surface area contributed by atoms with E-state index < -0.39 is 6.09 Å². The normalized spacial score (nSPS) is 21.6. The van der Waals surface area contributed by atoms with Crippen LogP contribution in [0.25, 0.3) is 0 Å². The molecular formula is C14H20N2O2. The molecule has 1 unspecified atom stereocenters. The Morgan fingerprint density at radius 2 is 2.06 bits per heavy atom. The average molecular weight is 248 g/mol. The van der Waals surface area contributed by atoms with Gasteiger partial charge in [0.1, 0.15) is 0 Å². The van der Waals surface area contributed by atoms with Gasteiger partial charge >= 0.3 is 6.09 Å². The minimum absolute atomic E-state index is 0.267. The van der Waals surface area contributed by atoms with E-state index in [2.05, 4.69) is 24.0 Å². The van der Waals surface area contributed by atoms with Crippen molar-refractivity contribution in [3.63, 3.8) is 0 Å². The van der Waals surface area contributed by atoms with Gasteiger partial charge in [-0.3, -0.25) is 4.90 Å². The Bertz CT molecular complexity index is 394. The number of carbonyl (C=O) groups is 1. The Labute approximate surface area is 108 Å². The zero-order valence-electron chi connectivity index (χ0n) is 10.7. The lowest BCUT2D eigenvalue weighted by Gasteiger charge is -2.28. The molecule has 1 heterocycles. The first-order chi connectivity index (χ1) is 8.66. The summed E-state index contributed by atoms with van der Waals surface area (Å²) in [5.41, 5.74) is 1.29. The summed E-state index contributed by atoms with van der Waals surface area (Å²) in [6.07, 6.45) is 0.104. The summed E-state index contributed by atoms with van der Waals surface area (Å²) >= 11 is 0. The van der Waals surface area contributed by atoms with Crippen molar-refractivity contribution in [2.45, 2.75) is 25.9 Å². The van der Waals surface area contributed by atoms with Crippen molar-refractivity contribution in [3.8, 4) is 0 Å². The van der Waals surface area contributed by atoms with Crippen molar-refractivity contribution < 1.29 is 9.90 Å². The van der Waals surface area contributed by atoms with Crippen LogP contribution >= 0.6 is 0 Å². The predicted octanol–water partition coefficient (Wildman–Crippen LogP) is 2.26. The van der Waals surface area contributed by atoms with Gasteiger partial charge in [-0.1, -0.05) is 30.3 Å². The van der Waals surface area contributed by atoms with E-state index in [9.17, 15) is 4.79 Å². The maximum Gasteiger partial charge on any atom is 0.407 e. The highest BCUT2D eigenvalue weighted by atomic mass is 16.4. The second-order valence-electron chi connectivity index (χ2n) is 4.89. The zero-order chi connectivity index (χ0) is 13.0. The molecule has 1 aromatic rings. The second-order valence-corrected chi connectivity index (χ2v) is 4.89. The average Bonchev–Trinajstić information content (AvgIpc) is 2.54. The molecule has 1 aliphatic heterocycles. The molecule has 0 radical (unpaired) electrons. The number of hydrogen-bond donors (Lipinski definition) is 1. The van der Waals surface area contributed by atoms with E-state index in [0.29, 0.717) is 13.1 Å². The minimum atomic E-state index is -0.802. The Kier molecular flexibility index (Phi) is 4.20. The fourth-order valence-electron chi connectivity index (χ4n) is 2.44. The van der Waals surface area contributed by atoms with Crippen molar-refractivity contribution in [1.29, 1.82) is 0 Å². The van der Waals surface area contributed by atoms with Gasteiger partial charge in [0.25, 0.3) is 0 Å². The van der Waals surface area contributed by atoms with Crippen LogP contribution in [0.3, 0.4) is 0 Å². The molecule has 0 aliphatic carbocycles. The summed E-state index contributed by atoms with van der Waals surface area (Å²) in [7, 11) is 0. The lowest BCUT2D eigenvalue weighted by molar-refractivity contribution is 0.135. The van der Waals surface area contributed by atoms with Gasteiger partial charge in [-0.05, 0) is 18.9 Å². The van der Waals surface area contributed by atoms with E-state index in [1.54, 1.807) is 0 Å². The van der Waals surface area contributed by atoms with Crippen LogP contribution in [0.2, 0.25) is 0 Å². The predicted molar refractivity (Wildman–Crippen MR) is 70.5 cm³/mol. The number of benzene rings is 1. The van der Waals surface area contributed by atoms with E-state index in [-0.39, 0.29) is 6.04 Å². The summed E-state index contributed by atoms with van der Waals surface area (Å²) in [5.74, 6) is 0. The lowest BCUT2D eigenvalue weighted by atomic mass is 10.2. The first-order valence-corrected chi connectivity index (χ1v) is 6.42. The largest absolute Gasteiger partial charge is 0.465 e. The van der Waals surface area contributed by atoms with Gasteiger partial charge < -0.3 is 10.0 Å². The van der Waals surface area contributed by atoms with Gasteiger partial charge in [-0.25, -0.2) is 4.79 Å². The third-order valence-electron chi connectivity index (χ3n) is 3.48. The van der Waals surface area contributed by atoms with Crippen LogP contribution < -0.4 is 0 Å². The molecule has 1 aromatic carbocycles. The molecule has 1 aliphatic rings. The molecule has 1 fully saturated rings. The maximum absolute atomic E-state index is 11.0. The van der Waals surface area contributed by atoms with Gasteiger partial charge in [-0.2, -0.15) is 0 Å². The summed E-state index contributed by atoms with van der Waals surface area (Å²) in [5, 5.41) is 9.06. The van der Waals surface area contributed by atoms with E-state index in [1.165, 1.54) is 10.5 Å². The molecule has 1 amide bonds. The smallest absolute Gasteiger partial charge is 0.407 e. The molecule has 1 saturated heterocycles. The molecule has 98 valence electrons. The summed E-state index contributed by atoms with van der Waals surface area (Å²) < 4.78 is 0. The number of hydrogen-bond acceptors (Lipinski definition) is 2. The fraction of sp³-hybridized carbons (Fsp3) is 0.500. The first-order valence-electron chi connectivity index (χ1n) is 6.42. The topological polar surface area (TPSA) is 43.8 Å². The van der Waals surface area contributed by atoms with Gasteiger partial charge in [0.2, 0.25) is 0 Å². The minimum Gasteiger partial charge on any atom is -0.465 e. The van der Waals surface area contributed by atoms with Crippen LogP contribution in [0.5, 0.6) is 0 Å². The highest BCUT2D eigenvalue weighted by Crippen LogP contribution is 2.14. The number of carboxylic acid groups (broad SMARTS) is 1. The molecule has 2 rings (SSSR count). The van der Waals surface area contributed by atoms with Crippen molar-refractivity contribution in [3.05, 3.63) is 35.9 Å². The molecule has 0 saturated carbocycles. The quantitative estimate of drug-likeness (QED) is 0.873. The highest BCUT2D eigenvalue weighted by Gasteiger charge is 2.23. The molecule has 0 spiro atoms. The second kappa shape index (κ2) is 5.87. The molecule has 4 nitrogen and oxygen atoms in total. The first kappa shape index (κ1) is 12.9. The highest BCUT2D eigenvalue weighted by molar-refractivity contribution is 5.65. The van der Waals surface area contributed by atoms with Gasteiger partial charge in [-0.15, -0.1) is 0 Å². The van der Waals surface area contributed by atoms with Crippen molar-refractivity contribution in [1.82, 2.24) is 9.80 Å². The van der Waals surface area contributed by atoms with Gasteiger partial charge in [0.15, 0.2) is 0 Å². The van der Waals surface area contributed by atoms with Gasteiger partial charge in [0, 0.05) is 32.2 Å². The van der Waals surface area contributed by atoms with E-state index in [0.717, 1.165) is 19.5 Å². The van der Waals surface area contributed by atoms with Crippen LogP contribution in [0.1, 0.15) is 18.9 Å². The van der Waals surface area contributed by atoms with E-state index in [1.807, 2.05) is 18.2 Å². The number of amides is 1. The third-order valence-corrected chi connectivity index (χ3v) is 3.48. The van der Waals surface area contributed by atoms with Crippen molar-refractivity contribution >= 4 is 6.09 Å². The molecule has 1 N–H and O–H groups in total. The Morgan fingerprint density at radius 3 is 2.72 bits per heavy atom. The van der Waals surface area contributed by atoms with Crippen LogP contribution in [-0.4, -0.2) is 46.7 Å². The summed E-state index contributed by atoms with van der Waals surface area (Å²) in [6, 6.07) is 10.6. The lowest BCUT2D eigenvalue weighted by Crippen LogP contribution is -2.40. The number of nitrogens with zero attached hydrogens (tertiary/aromatic N) is 2. The number of rotatable bonds is 2. The van der Waals surface area contributed by atoms with Crippen molar-refractivity contribution in [2.75, 3.05) is 19.6 Å². The van der Waals surface area contributed by atoms with Crippen LogP contribution in [0.4, 0.5) is 4.79 Å². The summed E-state index contributed by atoms with van der Waals surface area (Å²) in [4.78, 5) is 14.9. The summed E-state index contributed by atoms with van der Waals surface area (Å²) in [6.45, 7) is 5.20. The Hall–Kier alpha value is -1.55. The SMILES string of the molecule is CC1CN(C(=O)O)CCCN1Cc1ccccc1. The molecule has 1 atom stereocenters. The molecule has 0 aromatic heterocycles. The molecular weight excluding hydrogens is 228 g/mol. The van der Waals surface area contributed by atoms with Gasteiger partial charge in [0.05, 0.1) is 0 Å². The standard InChI is InChI=1S/C14H20N2O2/c1-12-10-16(14(17)18)9-5-8-15(12)11-13-6-3-2-4-7-13/h2-4,6-7,12H,5,8-11H2,1H3,(H,17,18). The maximum atomic E-state index is 11.0. The fourth-order valence-corrected chi connectivity index (χ4v) is 2.44. The molecule has 4 heteroatoms. The van der Waals surface area contributed by atoms with Crippen LogP contribution in [0, 0.1) is 0 Å². The van der Waals surface area contributed by atoms with E-state index >= 15 is 0 Å². The van der Waals surface area contributed by atoms with Crippen LogP contribution in [-0.2, 0) is 6.54 Å². The third kappa shape index (κ3) is 3.23. The zero-order valence-corrected chi connectivity index (χ0v) is 10.7. The Balaban J connectivity index is 1.99. The van der Waals surface area contributed by atoms with Crippen LogP contribution in [0.15, 0.2) is 30.3 Å².